The lowest BCUT2D eigenvalue weighted by Gasteiger charge is -2.35. The van der Waals surface area contributed by atoms with Gasteiger partial charge < -0.3 is 20.2 Å². The second kappa shape index (κ2) is 11.6. The summed E-state index contributed by atoms with van der Waals surface area (Å²) in [6, 6.07) is 12.1. The third-order valence-electron chi connectivity index (χ3n) is 8.31. The lowest BCUT2D eigenvalue weighted by molar-refractivity contribution is -0.143. The largest absolute Gasteiger partial charge is 0.391 e. The number of aliphatic hydroxyl groups excluding tert-OH is 1. The zero-order valence-corrected chi connectivity index (χ0v) is 26.0. The first-order chi connectivity index (χ1) is 19.9. The highest BCUT2D eigenvalue weighted by Gasteiger charge is 2.45. The average Bonchev–Trinajstić information content (AvgIpc) is 3.64. The van der Waals surface area contributed by atoms with E-state index in [1.807, 2.05) is 50.5 Å². The molecule has 222 valence electrons. The van der Waals surface area contributed by atoms with Gasteiger partial charge in [0.2, 0.25) is 11.8 Å². The number of carbonyl (C=O) groups excluding carboxylic acids is 3. The number of nitrogens with one attached hydrogen (secondary N) is 1. The molecule has 1 saturated heterocycles. The molecule has 0 radical (unpaired) electrons. The summed E-state index contributed by atoms with van der Waals surface area (Å²) in [6.45, 7) is 13.0. The Morgan fingerprint density at radius 1 is 1.17 bits per heavy atom. The minimum atomic E-state index is -0.814. The minimum absolute atomic E-state index is 0.0608. The summed E-state index contributed by atoms with van der Waals surface area (Å²) < 4.78 is 0. The van der Waals surface area contributed by atoms with Gasteiger partial charge in [0, 0.05) is 31.6 Å². The lowest BCUT2D eigenvalue weighted by atomic mass is 9.82. The summed E-state index contributed by atoms with van der Waals surface area (Å²) >= 11 is 1.61. The molecule has 2 aliphatic rings. The minimum Gasteiger partial charge on any atom is -0.391 e. The molecule has 8 nitrogen and oxygen atoms in total. The van der Waals surface area contributed by atoms with E-state index in [0.29, 0.717) is 18.7 Å². The molecule has 3 amide bonds. The Morgan fingerprint density at radius 2 is 1.90 bits per heavy atom. The van der Waals surface area contributed by atoms with Crippen LogP contribution in [-0.4, -0.2) is 62.3 Å². The van der Waals surface area contributed by atoms with Crippen molar-refractivity contribution in [3.63, 3.8) is 0 Å². The predicted molar refractivity (Wildman–Crippen MR) is 164 cm³/mol. The molecule has 2 N–H and O–H groups in total. The number of β-amino-alcohol motifs (C(OH)–C–C–N with tert-alkyl or cyclic N) is 1. The van der Waals surface area contributed by atoms with Crippen molar-refractivity contribution in [2.75, 3.05) is 6.54 Å². The van der Waals surface area contributed by atoms with E-state index >= 15 is 0 Å². The number of likely N-dealkylation sites (tertiary alicyclic amines) is 1. The van der Waals surface area contributed by atoms with E-state index in [9.17, 15) is 19.5 Å². The molecule has 1 fully saturated rings. The van der Waals surface area contributed by atoms with E-state index in [-0.39, 0.29) is 42.0 Å². The molecule has 9 heteroatoms. The second-order valence-corrected chi connectivity index (χ2v) is 13.6. The van der Waals surface area contributed by atoms with Gasteiger partial charge in [-0.25, -0.2) is 4.98 Å². The summed E-state index contributed by atoms with van der Waals surface area (Å²) in [4.78, 5) is 49.5. The van der Waals surface area contributed by atoms with Crippen LogP contribution in [-0.2, 0) is 28.1 Å². The molecule has 5 rings (SSSR count). The van der Waals surface area contributed by atoms with Gasteiger partial charge in [-0.3, -0.25) is 14.4 Å². The zero-order valence-electron chi connectivity index (χ0n) is 25.2. The number of aromatic nitrogens is 1. The van der Waals surface area contributed by atoms with E-state index in [1.54, 1.807) is 22.3 Å². The molecule has 3 heterocycles. The van der Waals surface area contributed by atoms with Gasteiger partial charge >= 0.3 is 0 Å². The fraction of sp³-hybridized carbons (Fsp3) is 0.455. The van der Waals surface area contributed by atoms with Gasteiger partial charge in [0.1, 0.15) is 12.1 Å². The predicted octanol–water partition coefficient (Wildman–Crippen LogP) is 4.67. The lowest BCUT2D eigenvalue weighted by Crippen LogP contribution is -2.55. The van der Waals surface area contributed by atoms with Crippen LogP contribution in [0, 0.1) is 12.8 Å². The smallest absolute Gasteiger partial charge is 0.255 e. The summed E-state index contributed by atoms with van der Waals surface area (Å²) in [5, 5.41) is 13.6. The van der Waals surface area contributed by atoms with E-state index in [4.69, 9.17) is 0 Å². The first-order valence-electron chi connectivity index (χ1n) is 14.6. The van der Waals surface area contributed by atoms with E-state index in [0.717, 1.165) is 32.8 Å². The van der Waals surface area contributed by atoms with E-state index in [2.05, 4.69) is 43.2 Å². The van der Waals surface area contributed by atoms with Crippen LogP contribution in [0.25, 0.3) is 10.4 Å². The molecule has 3 aromatic rings. The van der Waals surface area contributed by atoms with Crippen molar-refractivity contribution in [3.8, 4) is 10.4 Å². The second-order valence-electron chi connectivity index (χ2n) is 12.8. The Morgan fingerprint density at radius 3 is 2.55 bits per heavy atom. The Hall–Kier alpha value is -3.56. The first-order valence-corrected chi connectivity index (χ1v) is 15.4. The molecule has 2 aromatic carbocycles. The van der Waals surface area contributed by atoms with E-state index in [1.165, 1.54) is 4.90 Å². The highest BCUT2D eigenvalue weighted by atomic mass is 32.1. The van der Waals surface area contributed by atoms with Gasteiger partial charge in [-0.1, -0.05) is 65.0 Å². The third kappa shape index (κ3) is 5.72. The molecule has 0 spiro atoms. The Kier molecular flexibility index (Phi) is 8.27. The van der Waals surface area contributed by atoms with Gasteiger partial charge in [-0.2, -0.15) is 0 Å². The van der Waals surface area contributed by atoms with Crippen LogP contribution in [0.5, 0.6) is 0 Å². The van der Waals surface area contributed by atoms with Crippen molar-refractivity contribution in [1.29, 1.82) is 0 Å². The number of aryl methyl sites for hydroxylation is 1. The number of carbonyl (C=O) groups is 3. The number of thiazole rings is 1. The fourth-order valence-corrected chi connectivity index (χ4v) is 7.01. The van der Waals surface area contributed by atoms with Crippen molar-refractivity contribution in [1.82, 2.24) is 20.1 Å². The molecular weight excluding hydrogens is 548 g/mol. The number of nitrogens with zero attached hydrogens (tertiary/aromatic N) is 3. The Bertz CT molecular complexity index is 1510. The molecule has 3 atom stereocenters. The Balaban J connectivity index is 1.34. The number of aliphatic hydroxyl groups is 1. The number of rotatable bonds is 7. The number of fused-ring (bicyclic) bond motifs is 1. The van der Waals surface area contributed by atoms with Crippen molar-refractivity contribution >= 4 is 29.1 Å². The molecule has 1 unspecified atom stereocenters. The number of benzene rings is 2. The molecule has 2 aliphatic heterocycles. The summed E-state index contributed by atoms with van der Waals surface area (Å²) in [7, 11) is 0. The standard InChI is InChI=1S/C33H40N4O4S/c1-19(2)28(37-16-23-9-7-8-10-25(23)31(37)40)32(41)36-17-24(38)14-27(36)30(39)34-15-22-12-11-21(13-26(22)33(4,5)6)29-20(3)35-18-42-29/h7-13,18-19,24,27-28,38H,14-17H2,1-6H3,(H,34,39)/t24-,27?,28+/m1/s1. The van der Waals surface area contributed by atoms with Crippen LogP contribution in [0.1, 0.15) is 73.8 Å². The Labute approximate surface area is 251 Å². The maximum atomic E-state index is 14.0. The number of amides is 3. The van der Waals surface area contributed by atoms with Crippen LogP contribution in [0.4, 0.5) is 0 Å². The van der Waals surface area contributed by atoms with Crippen molar-refractivity contribution < 1.29 is 19.5 Å². The molecule has 0 saturated carbocycles. The summed E-state index contributed by atoms with van der Waals surface area (Å²) in [5.74, 6) is -0.958. The highest BCUT2D eigenvalue weighted by Crippen LogP contribution is 2.34. The van der Waals surface area contributed by atoms with Crippen molar-refractivity contribution in [2.24, 2.45) is 5.92 Å². The van der Waals surface area contributed by atoms with Gasteiger partial charge in [0.25, 0.3) is 5.91 Å². The van der Waals surface area contributed by atoms with Crippen LogP contribution in [0.15, 0.2) is 48.0 Å². The monoisotopic (exact) mass is 588 g/mol. The van der Waals surface area contributed by atoms with Crippen LogP contribution in [0.2, 0.25) is 0 Å². The maximum absolute atomic E-state index is 14.0. The maximum Gasteiger partial charge on any atom is 0.255 e. The molecular formula is C33H40N4O4S. The van der Waals surface area contributed by atoms with Gasteiger partial charge in [-0.05, 0) is 52.6 Å². The van der Waals surface area contributed by atoms with Crippen LogP contribution < -0.4 is 5.32 Å². The highest BCUT2D eigenvalue weighted by molar-refractivity contribution is 7.13. The SMILES string of the molecule is Cc1ncsc1-c1ccc(CNC(=O)C2C[C@@H](O)CN2C(=O)[C@H](C(C)C)N2Cc3ccccc3C2=O)c(C(C)(C)C)c1. The third-order valence-corrected chi connectivity index (χ3v) is 9.29. The van der Waals surface area contributed by atoms with Crippen LogP contribution in [0.3, 0.4) is 0 Å². The quantitative estimate of drug-likeness (QED) is 0.418. The summed E-state index contributed by atoms with van der Waals surface area (Å²) in [5.41, 5.74) is 7.40. The molecule has 0 bridgehead atoms. The van der Waals surface area contributed by atoms with Gasteiger partial charge in [0.05, 0.1) is 22.2 Å². The topological polar surface area (TPSA) is 103 Å². The van der Waals surface area contributed by atoms with Gasteiger partial charge in [-0.15, -0.1) is 11.3 Å². The number of hydrogen-bond acceptors (Lipinski definition) is 6. The normalized spacial score (nSPS) is 19.4. The van der Waals surface area contributed by atoms with Crippen LogP contribution >= 0.6 is 11.3 Å². The zero-order chi connectivity index (χ0) is 30.3. The van der Waals surface area contributed by atoms with Gasteiger partial charge in [0.15, 0.2) is 0 Å². The molecule has 42 heavy (non-hydrogen) atoms. The van der Waals surface area contributed by atoms with Crippen molar-refractivity contribution in [3.05, 3.63) is 75.9 Å². The first kappa shape index (κ1) is 29.9. The fourth-order valence-electron chi connectivity index (χ4n) is 6.20. The molecule has 0 aliphatic carbocycles. The number of hydrogen-bond donors (Lipinski definition) is 2. The van der Waals surface area contributed by atoms with Crippen molar-refractivity contribution in [2.45, 2.75) is 84.7 Å². The molecule has 1 aromatic heterocycles. The van der Waals surface area contributed by atoms with E-state index < -0.39 is 18.2 Å². The summed E-state index contributed by atoms with van der Waals surface area (Å²) in [6.07, 6.45) is -0.650. The average molecular weight is 589 g/mol.